The molecule has 2 saturated heterocycles. The highest BCUT2D eigenvalue weighted by Gasteiger charge is 2.26. The molecule has 2 aliphatic heterocycles. The van der Waals surface area contributed by atoms with Crippen molar-refractivity contribution in [3.8, 4) is 0 Å². The molecule has 0 atom stereocenters. The number of esters is 1. The average Bonchev–Trinajstić information content (AvgIpc) is 3.47. The van der Waals surface area contributed by atoms with E-state index < -0.39 is 5.97 Å². The number of ether oxygens (including phenoxy) is 1. The van der Waals surface area contributed by atoms with Gasteiger partial charge >= 0.3 is 5.97 Å². The first-order valence-corrected chi connectivity index (χ1v) is 15.4. The Balaban J connectivity index is 1.26. The molecule has 3 aromatic rings. The molecule has 5 rings (SSSR count). The number of benzene rings is 1. The summed E-state index contributed by atoms with van der Waals surface area (Å²) in [7, 11) is 3.61. The lowest BCUT2D eigenvalue weighted by Crippen LogP contribution is -2.52. The Hall–Kier alpha value is -3.47. The first kappa shape index (κ1) is 29.0. The third-order valence-corrected chi connectivity index (χ3v) is 8.87. The molecule has 2 aromatic heterocycles. The number of aromatic nitrogens is 2. The van der Waals surface area contributed by atoms with Crippen LogP contribution in [0.1, 0.15) is 33.1 Å². The lowest BCUT2D eigenvalue weighted by Gasteiger charge is -2.42. The second kappa shape index (κ2) is 13.5. The quantitative estimate of drug-likeness (QED) is 0.196. The number of fused-ring (bicyclic) bond motifs is 1. The molecule has 0 bridgehead atoms. The number of methoxy groups -OCH3 is 1. The number of nitrogens with one attached hydrogen (secondary N) is 2. The molecule has 0 saturated carbocycles. The summed E-state index contributed by atoms with van der Waals surface area (Å²) in [6, 6.07) is 11.2. The lowest BCUT2D eigenvalue weighted by atomic mass is 10.0. The van der Waals surface area contributed by atoms with Crippen LogP contribution in [0.4, 0.5) is 23.1 Å². The average molecular weight is 576 g/mol. The largest absolute Gasteiger partial charge is 0.465 e. The number of hydrogen-bond acceptors (Lipinski definition) is 10. The van der Waals surface area contributed by atoms with E-state index in [9.17, 15) is 4.79 Å². The maximum Gasteiger partial charge on any atom is 0.339 e. The van der Waals surface area contributed by atoms with Gasteiger partial charge in [-0.1, -0.05) is 19.1 Å². The standard InChI is InChI=1S/C31H41N7O2S/c1-5-7-26(25(6-2)30(39)40-4)33-29-28-27(14-21-41-28)34-31(35-29)32-22-8-10-23(11-9-22)37-15-12-24(13-16-37)38-19-17-36(3)18-20-38/h6-11,14,21,24H,5,12-13,15-20H2,1-4H3,(H2,32,33,34,35)/b25-6+,26-7+. The molecule has 4 heterocycles. The summed E-state index contributed by atoms with van der Waals surface area (Å²) in [6.07, 6.45) is 6.90. The number of likely N-dealkylation sites (N-methyl/N-ethyl adjacent to an activating group) is 1. The second-order valence-corrected chi connectivity index (χ2v) is 11.5. The van der Waals surface area contributed by atoms with Crippen LogP contribution in [0.15, 0.2) is 59.1 Å². The number of hydrogen-bond donors (Lipinski definition) is 2. The maximum atomic E-state index is 12.4. The molecule has 9 nitrogen and oxygen atoms in total. The van der Waals surface area contributed by atoms with E-state index in [4.69, 9.17) is 14.7 Å². The van der Waals surface area contributed by atoms with Crippen molar-refractivity contribution in [3.63, 3.8) is 0 Å². The van der Waals surface area contributed by atoms with Crippen molar-refractivity contribution in [3.05, 3.63) is 59.1 Å². The zero-order valence-electron chi connectivity index (χ0n) is 24.5. The molecule has 2 fully saturated rings. The molecular formula is C31H41N7O2S. The first-order chi connectivity index (χ1) is 20.0. The van der Waals surface area contributed by atoms with Crippen molar-refractivity contribution in [1.29, 1.82) is 0 Å². The van der Waals surface area contributed by atoms with Gasteiger partial charge in [0, 0.05) is 62.4 Å². The van der Waals surface area contributed by atoms with E-state index in [0.717, 1.165) is 35.4 Å². The van der Waals surface area contributed by atoms with Crippen molar-refractivity contribution >= 4 is 50.7 Å². The Morgan fingerprint density at radius 2 is 1.80 bits per heavy atom. The maximum absolute atomic E-state index is 12.4. The van der Waals surface area contributed by atoms with Crippen molar-refractivity contribution in [2.75, 3.05) is 69.0 Å². The van der Waals surface area contributed by atoms with Gasteiger partial charge in [-0.15, -0.1) is 11.3 Å². The van der Waals surface area contributed by atoms with Gasteiger partial charge in [0.05, 0.1) is 22.9 Å². The topological polar surface area (TPSA) is 85.9 Å². The first-order valence-electron chi connectivity index (χ1n) is 14.5. The van der Waals surface area contributed by atoms with Crippen LogP contribution in [0.5, 0.6) is 0 Å². The van der Waals surface area contributed by atoms with Gasteiger partial charge < -0.3 is 25.2 Å². The molecule has 0 spiro atoms. The molecule has 218 valence electrons. The minimum atomic E-state index is -0.391. The summed E-state index contributed by atoms with van der Waals surface area (Å²) >= 11 is 1.56. The van der Waals surface area contributed by atoms with E-state index in [1.165, 1.54) is 51.8 Å². The van der Waals surface area contributed by atoms with Gasteiger partial charge in [-0.3, -0.25) is 4.90 Å². The van der Waals surface area contributed by atoms with Gasteiger partial charge in [0.1, 0.15) is 0 Å². The van der Waals surface area contributed by atoms with Gasteiger partial charge in [-0.25, -0.2) is 9.78 Å². The van der Waals surface area contributed by atoms with E-state index in [0.29, 0.717) is 29.1 Å². The van der Waals surface area contributed by atoms with Gasteiger partial charge in [0.15, 0.2) is 5.82 Å². The number of carbonyl (C=O) groups is 1. The van der Waals surface area contributed by atoms with Crippen molar-refractivity contribution in [2.24, 2.45) is 0 Å². The molecule has 41 heavy (non-hydrogen) atoms. The summed E-state index contributed by atoms with van der Waals surface area (Å²) in [5, 5.41) is 8.76. The van der Waals surface area contributed by atoms with Crippen LogP contribution >= 0.6 is 11.3 Å². The number of thiophene rings is 1. The lowest BCUT2D eigenvalue weighted by molar-refractivity contribution is -0.135. The molecular weight excluding hydrogens is 534 g/mol. The molecule has 10 heteroatoms. The zero-order chi connectivity index (χ0) is 28.8. The Morgan fingerprint density at radius 3 is 2.46 bits per heavy atom. The van der Waals surface area contributed by atoms with E-state index in [1.807, 2.05) is 31.4 Å². The van der Waals surface area contributed by atoms with Gasteiger partial charge in [0.25, 0.3) is 0 Å². The van der Waals surface area contributed by atoms with Crippen LogP contribution in [-0.4, -0.2) is 85.2 Å². The number of carbonyl (C=O) groups excluding carboxylic acids is 1. The van der Waals surface area contributed by atoms with E-state index in [-0.39, 0.29) is 0 Å². The van der Waals surface area contributed by atoms with Crippen molar-refractivity contribution < 1.29 is 9.53 Å². The minimum absolute atomic E-state index is 0.391. The summed E-state index contributed by atoms with van der Waals surface area (Å²) < 4.78 is 5.92. The highest BCUT2D eigenvalue weighted by atomic mass is 32.1. The predicted octanol–water partition coefficient (Wildman–Crippen LogP) is 5.48. The Kier molecular flexibility index (Phi) is 9.53. The SMILES string of the molecule is C/C=C(C(=O)OC)\C(=C/CC)Nc1nc(Nc2ccc(N3CCC(N4CCN(C)CC4)CC3)cc2)nc2ccsc12. The number of anilines is 4. The number of nitrogens with zero attached hydrogens (tertiary/aromatic N) is 5. The summed E-state index contributed by atoms with van der Waals surface area (Å²) in [6.45, 7) is 10.8. The second-order valence-electron chi connectivity index (χ2n) is 10.6. The number of rotatable bonds is 9. The monoisotopic (exact) mass is 575 g/mol. The van der Waals surface area contributed by atoms with Crippen LogP contribution in [0.3, 0.4) is 0 Å². The molecule has 1 aromatic carbocycles. The summed E-state index contributed by atoms with van der Waals surface area (Å²) in [5.41, 5.74) is 4.15. The number of piperazine rings is 1. The van der Waals surface area contributed by atoms with E-state index in [1.54, 1.807) is 17.4 Å². The predicted molar refractivity (Wildman–Crippen MR) is 169 cm³/mol. The van der Waals surface area contributed by atoms with Crippen LogP contribution in [0.25, 0.3) is 10.2 Å². The number of piperidine rings is 1. The molecule has 2 N–H and O–H groups in total. The van der Waals surface area contributed by atoms with Gasteiger partial charge in [-0.2, -0.15) is 4.98 Å². The third kappa shape index (κ3) is 6.89. The Labute approximate surface area is 246 Å². The van der Waals surface area contributed by atoms with Gasteiger partial charge in [0.2, 0.25) is 5.95 Å². The molecule has 0 aliphatic carbocycles. The minimum Gasteiger partial charge on any atom is -0.465 e. The normalized spacial score (nSPS) is 18.1. The smallest absolute Gasteiger partial charge is 0.339 e. The van der Waals surface area contributed by atoms with Crippen LogP contribution < -0.4 is 15.5 Å². The highest BCUT2D eigenvalue weighted by molar-refractivity contribution is 7.17. The van der Waals surface area contributed by atoms with Crippen LogP contribution in [0.2, 0.25) is 0 Å². The van der Waals surface area contributed by atoms with E-state index in [2.05, 4.69) is 56.6 Å². The van der Waals surface area contributed by atoms with Crippen LogP contribution in [0, 0.1) is 0 Å². The molecule has 0 radical (unpaired) electrons. The zero-order valence-corrected chi connectivity index (χ0v) is 25.3. The molecule has 0 amide bonds. The third-order valence-electron chi connectivity index (χ3n) is 7.96. The van der Waals surface area contributed by atoms with E-state index >= 15 is 0 Å². The fourth-order valence-corrected chi connectivity index (χ4v) is 6.39. The fourth-order valence-electron chi connectivity index (χ4n) is 5.62. The van der Waals surface area contributed by atoms with Crippen molar-refractivity contribution in [2.45, 2.75) is 39.2 Å². The van der Waals surface area contributed by atoms with Gasteiger partial charge in [-0.05, 0) is 68.9 Å². The van der Waals surface area contributed by atoms with Crippen LogP contribution in [-0.2, 0) is 9.53 Å². The summed E-state index contributed by atoms with van der Waals surface area (Å²) in [4.78, 5) is 29.5. The molecule has 2 aliphatic rings. The highest BCUT2D eigenvalue weighted by Crippen LogP contribution is 2.31. The fraction of sp³-hybridized carbons (Fsp3) is 0.452. The Bertz CT molecular complexity index is 1390. The molecule has 0 unspecified atom stereocenters. The Morgan fingerprint density at radius 1 is 1.07 bits per heavy atom. The van der Waals surface area contributed by atoms with Crippen molar-refractivity contribution in [1.82, 2.24) is 19.8 Å². The number of allylic oxidation sites excluding steroid dienone is 2. The summed E-state index contributed by atoms with van der Waals surface area (Å²) in [5.74, 6) is 0.753.